The van der Waals surface area contributed by atoms with Crippen molar-refractivity contribution >= 4 is 23.7 Å². The van der Waals surface area contributed by atoms with Gasteiger partial charge in [0.15, 0.2) is 0 Å². The normalized spacial score (nSPS) is 16.0. The van der Waals surface area contributed by atoms with Crippen molar-refractivity contribution in [1.29, 1.82) is 0 Å². The third kappa shape index (κ3) is 4.29. The van der Waals surface area contributed by atoms with Crippen LogP contribution < -0.4 is 16.4 Å². The molecule has 2 heterocycles. The number of carbonyl (C=O) groups is 3. The highest BCUT2D eigenvalue weighted by Gasteiger charge is 2.36. The van der Waals surface area contributed by atoms with Gasteiger partial charge in [0.2, 0.25) is 0 Å². The van der Waals surface area contributed by atoms with E-state index >= 15 is 0 Å². The molecule has 0 saturated heterocycles. The summed E-state index contributed by atoms with van der Waals surface area (Å²) in [4.78, 5) is 37.3. The van der Waals surface area contributed by atoms with E-state index in [1.54, 1.807) is 51.1 Å². The highest BCUT2D eigenvalue weighted by atomic mass is 16.5. The first-order valence-corrected chi connectivity index (χ1v) is 9.38. The van der Waals surface area contributed by atoms with Gasteiger partial charge in [-0.05, 0) is 44.5 Å². The minimum atomic E-state index is -0.885. The fourth-order valence-corrected chi connectivity index (χ4v) is 3.08. The molecule has 0 aliphatic carbocycles. The molecule has 1 aliphatic rings. The summed E-state index contributed by atoms with van der Waals surface area (Å²) in [6.07, 6.45) is 0. The van der Waals surface area contributed by atoms with Crippen LogP contribution in [-0.4, -0.2) is 31.2 Å². The number of amides is 2. The zero-order valence-corrected chi connectivity index (χ0v) is 16.9. The molecule has 1 aromatic heterocycles. The molecule has 0 saturated carbocycles. The smallest absolute Gasteiger partial charge is 0.340 e. The molecule has 4 N–H and O–H groups in total. The SMILES string of the molecule is CCOC(=O)C1=C(COC(=O)c2cccc(C)c2N)NC(=O)NC1c1ccc(C)o1. The van der Waals surface area contributed by atoms with Crippen LogP contribution in [-0.2, 0) is 14.3 Å². The summed E-state index contributed by atoms with van der Waals surface area (Å²) in [6, 6.07) is 6.92. The fourth-order valence-electron chi connectivity index (χ4n) is 3.08. The van der Waals surface area contributed by atoms with Crippen LogP contribution in [0.1, 0.15) is 40.4 Å². The average molecular weight is 413 g/mol. The van der Waals surface area contributed by atoms with Crippen molar-refractivity contribution in [3.63, 3.8) is 0 Å². The fraction of sp³-hybridized carbons (Fsp3) is 0.286. The van der Waals surface area contributed by atoms with Crippen molar-refractivity contribution in [2.24, 2.45) is 0 Å². The molecule has 30 heavy (non-hydrogen) atoms. The lowest BCUT2D eigenvalue weighted by atomic mass is 10.0. The highest BCUT2D eigenvalue weighted by molar-refractivity contribution is 5.97. The van der Waals surface area contributed by atoms with Gasteiger partial charge in [-0.1, -0.05) is 12.1 Å². The van der Waals surface area contributed by atoms with Gasteiger partial charge in [0.1, 0.15) is 24.2 Å². The Bertz CT molecular complexity index is 1020. The number of hydrogen-bond donors (Lipinski definition) is 3. The molecule has 1 atom stereocenters. The van der Waals surface area contributed by atoms with Crippen LogP contribution in [0.5, 0.6) is 0 Å². The van der Waals surface area contributed by atoms with Crippen molar-refractivity contribution in [3.8, 4) is 0 Å². The van der Waals surface area contributed by atoms with Crippen molar-refractivity contribution in [2.75, 3.05) is 18.9 Å². The van der Waals surface area contributed by atoms with E-state index in [0.717, 1.165) is 5.56 Å². The molecule has 9 nitrogen and oxygen atoms in total. The summed E-state index contributed by atoms with van der Waals surface area (Å²) in [5.41, 5.74) is 7.39. The van der Waals surface area contributed by atoms with Crippen LogP contribution in [0.25, 0.3) is 0 Å². The second-order valence-electron chi connectivity index (χ2n) is 6.70. The van der Waals surface area contributed by atoms with Crippen molar-refractivity contribution in [1.82, 2.24) is 10.6 Å². The Morgan fingerprint density at radius 3 is 2.57 bits per heavy atom. The summed E-state index contributed by atoms with van der Waals surface area (Å²) < 4.78 is 16.1. The first kappa shape index (κ1) is 21.0. The number of furan rings is 1. The molecular weight excluding hydrogens is 390 g/mol. The average Bonchev–Trinajstić information content (AvgIpc) is 3.14. The lowest BCUT2D eigenvalue weighted by Crippen LogP contribution is -2.47. The zero-order chi connectivity index (χ0) is 21.8. The van der Waals surface area contributed by atoms with Gasteiger partial charge in [-0.2, -0.15) is 0 Å². The van der Waals surface area contributed by atoms with E-state index in [0.29, 0.717) is 17.2 Å². The summed E-state index contributed by atoms with van der Waals surface area (Å²) in [6.45, 7) is 4.96. The summed E-state index contributed by atoms with van der Waals surface area (Å²) >= 11 is 0. The third-order valence-electron chi connectivity index (χ3n) is 4.59. The number of aryl methyl sites for hydroxylation is 2. The number of esters is 2. The van der Waals surface area contributed by atoms with Gasteiger partial charge in [0.25, 0.3) is 0 Å². The number of hydrogen-bond acceptors (Lipinski definition) is 7. The Morgan fingerprint density at radius 1 is 1.13 bits per heavy atom. The maximum Gasteiger partial charge on any atom is 0.340 e. The molecule has 0 radical (unpaired) electrons. The van der Waals surface area contributed by atoms with E-state index < -0.39 is 24.0 Å². The number of urea groups is 1. The van der Waals surface area contributed by atoms with Gasteiger partial charge < -0.3 is 30.3 Å². The van der Waals surface area contributed by atoms with Crippen molar-refractivity contribution in [2.45, 2.75) is 26.8 Å². The van der Waals surface area contributed by atoms with Gasteiger partial charge in [-0.15, -0.1) is 0 Å². The van der Waals surface area contributed by atoms with E-state index in [9.17, 15) is 14.4 Å². The highest BCUT2D eigenvalue weighted by Crippen LogP contribution is 2.29. The Balaban J connectivity index is 1.92. The molecule has 9 heteroatoms. The number of benzene rings is 1. The predicted molar refractivity (Wildman–Crippen MR) is 107 cm³/mol. The maximum atomic E-state index is 12.6. The molecule has 2 aromatic rings. The first-order chi connectivity index (χ1) is 14.3. The molecule has 3 rings (SSSR count). The topological polar surface area (TPSA) is 133 Å². The summed E-state index contributed by atoms with van der Waals surface area (Å²) in [7, 11) is 0. The van der Waals surface area contributed by atoms with E-state index in [1.807, 2.05) is 0 Å². The number of nitrogens with one attached hydrogen (secondary N) is 2. The lowest BCUT2D eigenvalue weighted by molar-refractivity contribution is -0.139. The molecular formula is C21H23N3O6. The zero-order valence-electron chi connectivity index (χ0n) is 16.9. The standard InChI is InChI=1S/C21H23N3O6/c1-4-28-20(26)16-14(10-29-19(25)13-7-5-6-11(2)17(13)22)23-21(27)24-18(16)15-9-8-12(3)30-15/h5-9,18H,4,10,22H2,1-3H3,(H2,23,24,27). The quantitative estimate of drug-likeness (QED) is 0.489. The van der Waals surface area contributed by atoms with E-state index in [1.165, 1.54) is 0 Å². The summed E-state index contributed by atoms with van der Waals surface area (Å²) in [5.74, 6) is -0.365. The first-order valence-electron chi connectivity index (χ1n) is 9.38. The van der Waals surface area contributed by atoms with Crippen LogP contribution in [0.15, 0.2) is 46.0 Å². The number of nitrogen functional groups attached to an aromatic ring is 1. The molecule has 1 unspecified atom stereocenters. The molecule has 158 valence electrons. The minimum Gasteiger partial charge on any atom is -0.464 e. The number of nitrogens with two attached hydrogens (primary N) is 1. The molecule has 1 aromatic carbocycles. The molecule has 0 bridgehead atoms. The lowest BCUT2D eigenvalue weighted by Gasteiger charge is -2.27. The van der Waals surface area contributed by atoms with Crippen LogP contribution in [0.4, 0.5) is 10.5 Å². The Hall–Kier alpha value is -3.75. The Labute approximate surface area is 173 Å². The van der Waals surface area contributed by atoms with Gasteiger partial charge in [0.05, 0.1) is 23.4 Å². The van der Waals surface area contributed by atoms with Crippen molar-refractivity contribution < 1.29 is 28.3 Å². The minimum absolute atomic E-state index is 0.0933. The monoisotopic (exact) mass is 413 g/mol. The van der Waals surface area contributed by atoms with Crippen LogP contribution in [0.3, 0.4) is 0 Å². The Morgan fingerprint density at radius 2 is 1.90 bits per heavy atom. The van der Waals surface area contributed by atoms with Gasteiger partial charge in [0, 0.05) is 5.69 Å². The molecule has 2 amide bonds. The molecule has 0 spiro atoms. The number of ether oxygens (including phenoxy) is 2. The van der Waals surface area contributed by atoms with Gasteiger partial charge >= 0.3 is 18.0 Å². The number of carbonyl (C=O) groups excluding carboxylic acids is 3. The molecule has 1 aliphatic heterocycles. The number of rotatable bonds is 6. The summed E-state index contributed by atoms with van der Waals surface area (Å²) in [5, 5.41) is 5.16. The van der Waals surface area contributed by atoms with Gasteiger partial charge in [-0.25, -0.2) is 14.4 Å². The van der Waals surface area contributed by atoms with Crippen LogP contribution in [0.2, 0.25) is 0 Å². The van der Waals surface area contributed by atoms with Crippen LogP contribution in [0, 0.1) is 13.8 Å². The van der Waals surface area contributed by atoms with E-state index in [-0.39, 0.29) is 30.0 Å². The van der Waals surface area contributed by atoms with Crippen molar-refractivity contribution in [3.05, 3.63) is 64.2 Å². The largest absolute Gasteiger partial charge is 0.464 e. The van der Waals surface area contributed by atoms with Gasteiger partial charge in [-0.3, -0.25) is 0 Å². The second-order valence-corrected chi connectivity index (χ2v) is 6.70. The molecule has 0 fully saturated rings. The Kier molecular flexibility index (Phi) is 6.10. The second kappa shape index (κ2) is 8.73. The van der Waals surface area contributed by atoms with Crippen LogP contribution >= 0.6 is 0 Å². The number of anilines is 1. The predicted octanol–water partition coefficient (Wildman–Crippen LogP) is 2.51. The maximum absolute atomic E-state index is 12.6. The van der Waals surface area contributed by atoms with E-state index in [4.69, 9.17) is 19.6 Å². The third-order valence-corrected chi connectivity index (χ3v) is 4.59. The van der Waals surface area contributed by atoms with E-state index in [2.05, 4.69) is 10.6 Å². The number of para-hydroxylation sites is 1.